The van der Waals surface area contributed by atoms with Crippen LogP contribution in [-0.4, -0.2) is 54.3 Å². The van der Waals surface area contributed by atoms with Crippen LogP contribution in [0.25, 0.3) is 0 Å². The van der Waals surface area contributed by atoms with Gasteiger partial charge in [0, 0.05) is 39.6 Å². The van der Waals surface area contributed by atoms with E-state index in [2.05, 4.69) is 16.3 Å². The minimum Gasteiger partial charge on any atom is -0.351 e. The molecule has 1 fully saturated rings. The van der Waals surface area contributed by atoms with Crippen molar-refractivity contribution in [1.82, 2.24) is 15.1 Å². The number of hydrogen-bond donors (Lipinski definition) is 1. The zero-order valence-corrected chi connectivity index (χ0v) is 12.8. The lowest BCUT2D eigenvalue weighted by Crippen LogP contribution is -2.50. The minimum absolute atomic E-state index is 0.0350. The maximum Gasteiger partial charge on any atom is 0.234 e. The fourth-order valence-electron chi connectivity index (χ4n) is 2.50. The first-order chi connectivity index (χ1) is 10.0. The molecule has 1 N–H and O–H groups in total. The van der Waals surface area contributed by atoms with E-state index in [1.807, 2.05) is 30.0 Å². The van der Waals surface area contributed by atoms with Crippen molar-refractivity contribution in [1.29, 1.82) is 0 Å². The SMILES string of the molecule is CC(=O)N1CCN(CC(=O)NCc2cccc(C)c2)CC1. The zero-order chi connectivity index (χ0) is 15.2. The Labute approximate surface area is 125 Å². The van der Waals surface area contributed by atoms with Crippen molar-refractivity contribution in [2.24, 2.45) is 0 Å². The monoisotopic (exact) mass is 289 g/mol. The van der Waals surface area contributed by atoms with Crippen molar-refractivity contribution >= 4 is 11.8 Å². The summed E-state index contributed by atoms with van der Waals surface area (Å²) in [4.78, 5) is 27.1. The molecule has 0 bridgehead atoms. The van der Waals surface area contributed by atoms with Crippen LogP contribution in [0, 0.1) is 6.92 Å². The molecule has 0 unspecified atom stereocenters. The van der Waals surface area contributed by atoms with Crippen LogP contribution in [0.5, 0.6) is 0 Å². The average Bonchev–Trinajstić information content (AvgIpc) is 2.46. The molecule has 0 radical (unpaired) electrons. The molecule has 1 heterocycles. The van der Waals surface area contributed by atoms with Crippen LogP contribution in [0.2, 0.25) is 0 Å². The van der Waals surface area contributed by atoms with Gasteiger partial charge in [-0.25, -0.2) is 0 Å². The molecule has 2 amide bonds. The van der Waals surface area contributed by atoms with Gasteiger partial charge in [-0.1, -0.05) is 29.8 Å². The minimum atomic E-state index is 0.0350. The summed E-state index contributed by atoms with van der Waals surface area (Å²) >= 11 is 0. The van der Waals surface area contributed by atoms with Crippen LogP contribution in [0.4, 0.5) is 0 Å². The molecule has 1 aromatic rings. The molecule has 1 aliphatic heterocycles. The Hall–Kier alpha value is -1.88. The first-order valence-electron chi connectivity index (χ1n) is 7.35. The number of rotatable bonds is 4. The van der Waals surface area contributed by atoms with E-state index in [1.165, 1.54) is 5.56 Å². The molecule has 2 rings (SSSR count). The average molecular weight is 289 g/mol. The van der Waals surface area contributed by atoms with Crippen LogP contribution in [0.3, 0.4) is 0 Å². The molecular formula is C16H23N3O2. The van der Waals surface area contributed by atoms with Gasteiger partial charge in [-0.05, 0) is 12.5 Å². The van der Waals surface area contributed by atoms with Gasteiger partial charge < -0.3 is 10.2 Å². The quantitative estimate of drug-likeness (QED) is 0.891. The van der Waals surface area contributed by atoms with Gasteiger partial charge in [0.25, 0.3) is 0 Å². The van der Waals surface area contributed by atoms with Crippen LogP contribution in [0.15, 0.2) is 24.3 Å². The number of aryl methyl sites for hydroxylation is 1. The van der Waals surface area contributed by atoms with E-state index < -0.39 is 0 Å². The van der Waals surface area contributed by atoms with Crippen molar-refractivity contribution in [2.45, 2.75) is 20.4 Å². The Morgan fingerprint density at radius 2 is 1.90 bits per heavy atom. The normalized spacial score (nSPS) is 15.8. The Kier molecular flexibility index (Phi) is 5.33. The second-order valence-corrected chi connectivity index (χ2v) is 5.55. The summed E-state index contributed by atoms with van der Waals surface area (Å²) in [5, 5.41) is 2.95. The molecule has 21 heavy (non-hydrogen) atoms. The van der Waals surface area contributed by atoms with Gasteiger partial charge >= 0.3 is 0 Å². The van der Waals surface area contributed by atoms with Gasteiger partial charge in [0.15, 0.2) is 0 Å². The Morgan fingerprint density at radius 3 is 2.52 bits per heavy atom. The van der Waals surface area contributed by atoms with Crippen LogP contribution in [-0.2, 0) is 16.1 Å². The van der Waals surface area contributed by atoms with Crippen LogP contribution in [0.1, 0.15) is 18.1 Å². The molecule has 5 nitrogen and oxygen atoms in total. The summed E-state index contributed by atoms with van der Waals surface area (Å²) in [5.41, 5.74) is 2.31. The fourth-order valence-corrected chi connectivity index (χ4v) is 2.50. The lowest BCUT2D eigenvalue weighted by molar-refractivity contribution is -0.131. The molecule has 0 aromatic heterocycles. The number of piperazine rings is 1. The van der Waals surface area contributed by atoms with Gasteiger partial charge in [0.2, 0.25) is 11.8 Å². The van der Waals surface area contributed by atoms with Crippen molar-refractivity contribution in [3.8, 4) is 0 Å². The Bertz CT molecular complexity index is 508. The third-order valence-corrected chi connectivity index (χ3v) is 3.76. The molecule has 1 saturated heterocycles. The van der Waals surface area contributed by atoms with Crippen molar-refractivity contribution < 1.29 is 9.59 Å². The van der Waals surface area contributed by atoms with Crippen molar-refractivity contribution in [3.63, 3.8) is 0 Å². The maximum absolute atomic E-state index is 12.0. The third kappa shape index (κ3) is 4.86. The second kappa shape index (κ2) is 7.22. The summed E-state index contributed by atoms with van der Waals surface area (Å²) in [6.07, 6.45) is 0. The number of carbonyl (C=O) groups excluding carboxylic acids is 2. The number of carbonyl (C=O) groups is 2. The highest BCUT2D eigenvalue weighted by atomic mass is 16.2. The smallest absolute Gasteiger partial charge is 0.234 e. The summed E-state index contributed by atoms with van der Waals surface area (Å²) in [6, 6.07) is 8.13. The molecule has 0 saturated carbocycles. The van der Waals surface area contributed by atoms with Gasteiger partial charge in [-0.3, -0.25) is 14.5 Å². The molecule has 114 valence electrons. The highest BCUT2D eigenvalue weighted by molar-refractivity contribution is 5.78. The molecule has 5 heteroatoms. The molecular weight excluding hydrogens is 266 g/mol. The number of benzene rings is 1. The van der Waals surface area contributed by atoms with E-state index in [4.69, 9.17) is 0 Å². The Balaban J connectivity index is 1.72. The number of amides is 2. The summed E-state index contributed by atoms with van der Waals surface area (Å²) < 4.78 is 0. The van der Waals surface area contributed by atoms with E-state index in [0.717, 1.165) is 18.7 Å². The number of hydrogen-bond acceptors (Lipinski definition) is 3. The van der Waals surface area contributed by atoms with E-state index in [0.29, 0.717) is 26.2 Å². The van der Waals surface area contributed by atoms with E-state index in [9.17, 15) is 9.59 Å². The lowest BCUT2D eigenvalue weighted by Gasteiger charge is -2.33. The zero-order valence-electron chi connectivity index (χ0n) is 12.8. The summed E-state index contributed by atoms with van der Waals surface area (Å²) in [6.45, 7) is 7.53. The standard InChI is InChI=1S/C16H23N3O2/c1-13-4-3-5-15(10-13)11-17-16(21)12-18-6-8-19(9-7-18)14(2)20/h3-5,10H,6-9,11-12H2,1-2H3,(H,17,21). The second-order valence-electron chi connectivity index (χ2n) is 5.55. The van der Waals surface area contributed by atoms with Crippen molar-refractivity contribution in [2.75, 3.05) is 32.7 Å². The van der Waals surface area contributed by atoms with Crippen LogP contribution >= 0.6 is 0 Å². The summed E-state index contributed by atoms with van der Waals surface area (Å²) in [7, 11) is 0. The maximum atomic E-state index is 12.0. The Morgan fingerprint density at radius 1 is 1.19 bits per heavy atom. The number of nitrogens with zero attached hydrogens (tertiary/aromatic N) is 2. The van der Waals surface area contributed by atoms with Crippen molar-refractivity contribution in [3.05, 3.63) is 35.4 Å². The lowest BCUT2D eigenvalue weighted by atomic mass is 10.1. The van der Waals surface area contributed by atoms with Gasteiger partial charge in [-0.15, -0.1) is 0 Å². The number of nitrogens with one attached hydrogen (secondary N) is 1. The molecule has 1 aliphatic rings. The molecule has 1 aromatic carbocycles. The molecule has 0 spiro atoms. The predicted molar refractivity (Wildman–Crippen MR) is 81.7 cm³/mol. The first kappa shape index (κ1) is 15.5. The van der Waals surface area contributed by atoms with Gasteiger partial charge in [0.05, 0.1) is 6.54 Å². The predicted octanol–water partition coefficient (Wildman–Crippen LogP) is 0.775. The third-order valence-electron chi connectivity index (χ3n) is 3.76. The van der Waals surface area contributed by atoms with Gasteiger partial charge in [0.1, 0.15) is 0 Å². The largest absolute Gasteiger partial charge is 0.351 e. The molecule has 0 aliphatic carbocycles. The van der Waals surface area contributed by atoms with Crippen LogP contribution < -0.4 is 5.32 Å². The van der Waals surface area contributed by atoms with E-state index >= 15 is 0 Å². The summed E-state index contributed by atoms with van der Waals surface area (Å²) in [5.74, 6) is 0.145. The highest BCUT2D eigenvalue weighted by Crippen LogP contribution is 2.04. The highest BCUT2D eigenvalue weighted by Gasteiger charge is 2.19. The van der Waals surface area contributed by atoms with Gasteiger partial charge in [-0.2, -0.15) is 0 Å². The fraction of sp³-hybridized carbons (Fsp3) is 0.500. The van der Waals surface area contributed by atoms with E-state index in [1.54, 1.807) is 6.92 Å². The molecule has 0 atom stereocenters. The topological polar surface area (TPSA) is 52.7 Å². The first-order valence-corrected chi connectivity index (χ1v) is 7.35. The van der Waals surface area contributed by atoms with E-state index in [-0.39, 0.29) is 11.8 Å².